The molecular formula is C17H20N2O5S. The minimum absolute atomic E-state index is 0.0332. The van der Waals surface area contributed by atoms with E-state index in [4.69, 9.17) is 10.2 Å². The van der Waals surface area contributed by atoms with Gasteiger partial charge in [0.15, 0.2) is 0 Å². The summed E-state index contributed by atoms with van der Waals surface area (Å²) in [5.41, 5.74) is 0.960. The van der Waals surface area contributed by atoms with Crippen molar-refractivity contribution in [3.8, 4) is 0 Å². The normalized spacial score (nSPS) is 11.2. The van der Waals surface area contributed by atoms with Crippen molar-refractivity contribution in [2.75, 3.05) is 18.5 Å². The largest absolute Gasteiger partial charge is 0.478 e. The molecule has 2 rings (SSSR count). The number of nitrogens with one attached hydrogen (secondary N) is 2. The van der Waals surface area contributed by atoms with Gasteiger partial charge in [-0.3, -0.25) is 0 Å². The lowest BCUT2D eigenvalue weighted by atomic mass is 10.2. The first-order valence-electron chi connectivity index (χ1n) is 7.69. The summed E-state index contributed by atoms with van der Waals surface area (Å²) in [7, 11) is -3.92. The van der Waals surface area contributed by atoms with Gasteiger partial charge in [-0.05, 0) is 30.2 Å². The van der Waals surface area contributed by atoms with Crippen molar-refractivity contribution in [3.05, 3.63) is 59.7 Å². The SMILES string of the molecule is O=C(O)c1ccc(NCCCO)c(S(=O)(=O)NCc2ccccc2)c1. The molecule has 0 atom stereocenters. The fraction of sp³-hybridized carbons (Fsp3) is 0.235. The van der Waals surface area contributed by atoms with Crippen LogP contribution in [0.5, 0.6) is 0 Å². The Balaban J connectivity index is 2.28. The number of hydrogen-bond donors (Lipinski definition) is 4. The van der Waals surface area contributed by atoms with Crippen LogP contribution in [0.4, 0.5) is 5.69 Å². The number of carboxylic acids is 1. The van der Waals surface area contributed by atoms with Crippen molar-refractivity contribution >= 4 is 21.7 Å². The zero-order valence-electron chi connectivity index (χ0n) is 13.5. The summed E-state index contributed by atoms with van der Waals surface area (Å²) < 4.78 is 27.8. The van der Waals surface area contributed by atoms with Crippen LogP contribution in [0, 0.1) is 0 Å². The molecule has 134 valence electrons. The van der Waals surface area contributed by atoms with E-state index in [-0.39, 0.29) is 23.6 Å². The summed E-state index contributed by atoms with van der Waals surface area (Å²) in [6, 6.07) is 12.9. The number of aromatic carboxylic acids is 1. The molecule has 0 fully saturated rings. The highest BCUT2D eigenvalue weighted by Gasteiger charge is 2.20. The van der Waals surface area contributed by atoms with Gasteiger partial charge in [0.05, 0.1) is 11.3 Å². The van der Waals surface area contributed by atoms with Crippen molar-refractivity contribution < 1.29 is 23.4 Å². The summed E-state index contributed by atoms with van der Waals surface area (Å²) in [6.07, 6.45) is 0.442. The Kier molecular flexibility index (Phi) is 6.51. The van der Waals surface area contributed by atoms with Crippen molar-refractivity contribution in [1.82, 2.24) is 4.72 Å². The molecule has 0 aromatic heterocycles. The van der Waals surface area contributed by atoms with Crippen LogP contribution in [0.3, 0.4) is 0 Å². The number of hydrogen-bond acceptors (Lipinski definition) is 5. The molecule has 0 radical (unpaired) electrons. The maximum absolute atomic E-state index is 12.6. The van der Waals surface area contributed by atoms with Crippen LogP contribution in [0.15, 0.2) is 53.4 Å². The topological polar surface area (TPSA) is 116 Å². The Bertz CT molecular complexity index is 822. The average Bonchev–Trinajstić information content (AvgIpc) is 2.61. The van der Waals surface area contributed by atoms with E-state index < -0.39 is 16.0 Å². The Hall–Kier alpha value is -2.42. The molecule has 0 bridgehead atoms. The summed E-state index contributed by atoms with van der Waals surface area (Å²) in [5.74, 6) is -1.21. The second kappa shape index (κ2) is 8.61. The molecule has 7 nitrogen and oxygen atoms in total. The number of sulfonamides is 1. The summed E-state index contributed by atoms with van der Waals surface area (Å²) in [6.45, 7) is 0.426. The van der Waals surface area contributed by atoms with Crippen molar-refractivity contribution in [1.29, 1.82) is 0 Å². The Labute approximate surface area is 146 Å². The number of aliphatic hydroxyl groups is 1. The van der Waals surface area contributed by atoms with Crippen LogP contribution in [0.2, 0.25) is 0 Å². The van der Waals surface area contributed by atoms with E-state index >= 15 is 0 Å². The van der Waals surface area contributed by atoms with Gasteiger partial charge < -0.3 is 15.5 Å². The molecule has 2 aromatic carbocycles. The van der Waals surface area contributed by atoms with Gasteiger partial charge in [-0.1, -0.05) is 30.3 Å². The van der Waals surface area contributed by atoms with Gasteiger partial charge in [0.2, 0.25) is 10.0 Å². The first kappa shape index (κ1) is 18.9. The fourth-order valence-corrected chi connectivity index (χ4v) is 3.40. The van der Waals surface area contributed by atoms with Crippen molar-refractivity contribution in [2.45, 2.75) is 17.9 Å². The quantitative estimate of drug-likeness (QED) is 0.503. The molecule has 0 aliphatic carbocycles. The van der Waals surface area contributed by atoms with E-state index in [1.165, 1.54) is 12.1 Å². The Morgan fingerprint density at radius 1 is 1.08 bits per heavy atom. The van der Waals surface area contributed by atoms with Crippen LogP contribution < -0.4 is 10.0 Å². The molecule has 0 spiro atoms. The predicted octanol–water partition coefficient (Wildman–Crippen LogP) is 1.66. The highest BCUT2D eigenvalue weighted by molar-refractivity contribution is 7.89. The fourth-order valence-electron chi connectivity index (χ4n) is 2.18. The molecule has 0 aliphatic rings. The molecule has 4 N–H and O–H groups in total. The van der Waals surface area contributed by atoms with Crippen LogP contribution >= 0.6 is 0 Å². The van der Waals surface area contributed by atoms with Crippen LogP contribution in [-0.2, 0) is 16.6 Å². The number of rotatable bonds is 9. The molecule has 0 saturated carbocycles. The summed E-state index contributed by atoms with van der Waals surface area (Å²) in [5, 5.41) is 20.9. The highest BCUT2D eigenvalue weighted by Crippen LogP contribution is 2.23. The van der Waals surface area contributed by atoms with Crippen LogP contribution in [0.25, 0.3) is 0 Å². The summed E-state index contributed by atoms with van der Waals surface area (Å²) in [4.78, 5) is 11.0. The number of anilines is 1. The second-order valence-electron chi connectivity index (χ2n) is 5.33. The maximum Gasteiger partial charge on any atom is 0.335 e. The second-order valence-corrected chi connectivity index (χ2v) is 7.07. The lowest BCUT2D eigenvalue weighted by molar-refractivity contribution is 0.0696. The molecular weight excluding hydrogens is 344 g/mol. The average molecular weight is 364 g/mol. The smallest absolute Gasteiger partial charge is 0.335 e. The molecule has 8 heteroatoms. The minimum Gasteiger partial charge on any atom is -0.478 e. The lowest BCUT2D eigenvalue weighted by Crippen LogP contribution is -2.25. The van der Waals surface area contributed by atoms with Gasteiger partial charge in [-0.2, -0.15) is 0 Å². The third-order valence-electron chi connectivity index (χ3n) is 3.48. The van der Waals surface area contributed by atoms with Crippen LogP contribution in [-0.4, -0.2) is 37.8 Å². The van der Waals surface area contributed by atoms with Crippen molar-refractivity contribution in [3.63, 3.8) is 0 Å². The van der Waals surface area contributed by atoms with Gasteiger partial charge in [0.1, 0.15) is 4.90 Å². The Morgan fingerprint density at radius 3 is 2.44 bits per heavy atom. The zero-order valence-corrected chi connectivity index (χ0v) is 14.3. The molecule has 0 saturated heterocycles. The van der Waals surface area contributed by atoms with Crippen molar-refractivity contribution in [2.24, 2.45) is 0 Å². The van der Waals surface area contributed by atoms with Gasteiger partial charge in [0, 0.05) is 19.7 Å². The monoisotopic (exact) mass is 364 g/mol. The molecule has 0 aliphatic heterocycles. The number of aliphatic hydroxyl groups excluding tert-OH is 1. The van der Waals surface area contributed by atoms with E-state index in [0.717, 1.165) is 11.6 Å². The molecule has 0 heterocycles. The van der Waals surface area contributed by atoms with Gasteiger partial charge in [0.25, 0.3) is 0 Å². The predicted molar refractivity (Wildman–Crippen MR) is 94.1 cm³/mol. The zero-order chi connectivity index (χ0) is 18.3. The molecule has 0 amide bonds. The van der Waals surface area contributed by atoms with Gasteiger partial charge >= 0.3 is 5.97 Å². The third kappa shape index (κ3) is 5.28. The standard InChI is InChI=1S/C17H20N2O5S/c20-10-4-9-18-15-8-7-14(17(21)22)11-16(15)25(23,24)19-12-13-5-2-1-3-6-13/h1-3,5-8,11,18-20H,4,9-10,12H2,(H,21,22). The maximum atomic E-state index is 12.6. The minimum atomic E-state index is -3.92. The molecule has 2 aromatic rings. The van der Waals surface area contributed by atoms with E-state index in [2.05, 4.69) is 10.0 Å². The van der Waals surface area contributed by atoms with Gasteiger partial charge in [-0.25, -0.2) is 17.9 Å². The van der Waals surface area contributed by atoms with E-state index in [1.807, 2.05) is 6.07 Å². The number of benzene rings is 2. The Morgan fingerprint density at radius 2 is 1.80 bits per heavy atom. The molecule has 0 unspecified atom stereocenters. The van der Waals surface area contributed by atoms with Crippen LogP contribution in [0.1, 0.15) is 22.3 Å². The summed E-state index contributed by atoms with van der Waals surface area (Å²) >= 11 is 0. The van der Waals surface area contributed by atoms with E-state index in [1.54, 1.807) is 24.3 Å². The first-order valence-corrected chi connectivity index (χ1v) is 9.18. The highest BCUT2D eigenvalue weighted by atomic mass is 32.2. The third-order valence-corrected chi connectivity index (χ3v) is 4.92. The number of carboxylic acid groups (broad SMARTS) is 1. The van der Waals surface area contributed by atoms with E-state index in [9.17, 15) is 13.2 Å². The van der Waals surface area contributed by atoms with E-state index in [0.29, 0.717) is 18.7 Å². The first-order chi connectivity index (χ1) is 11.9. The molecule has 25 heavy (non-hydrogen) atoms. The number of carbonyl (C=O) groups is 1. The van der Waals surface area contributed by atoms with Gasteiger partial charge in [-0.15, -0.1) is 0 Å². The lowest BCUT2D eigenvalue weighted by Gasteiger charge is -2.14.